The largest absolute Gasteiger partial charge is 0.349 e. The molecule has 188 valence electrons. The third-order valence-corrected chi connectivity index (χ3v) is 7.32. The van der Waals surface area contributed by atoms with E-state index in [1.165, 1.54) is 0 Å². The molecule has 0 saturated carbocycles. The Bertz CT molecular complexity index is 1280. The average Bonchev–Trinajstić information content (AvgIpc) is 3.35. The molecule has 0 spiro atoms. The van der Waals surface area contributed by atoms with Crippen molar-refractivity contribution in [2.24, 2.45) is 5.92 Å². The van der Waals surface area contributed by atoms with Gasteiger partial charge in [0.2, 0.25) is 11.8 Å². The minimum absolute atomic E-state index is 0.00789. The zero-order chi connectivity index (χ0) is 25.2. The number of aromatic amines is 1. The van der Waals surface area contributed by atoms with Gasteiger partial charge in [0.15, 0.2) is 0 Å². The number of amides is 4. The van der Waals surface area contributed by atoms with Crippen LogP contribution in [0.4, 0.5) is 10.5 Å². The first-order chi connectivity index (χ1) is 17.4. The number of piperidine rings is 1. The predicted molar refractivity (Wildman–Crippen MR) is 137 cm³/mol. The monoisotopic (exact) mass is 488 g/mol. The van der Waals surface area contributed by atoms with Crippen LogP contribution >= 0.6 is 0 Å². The van der Waals surface area contributed by atoms with Gasteiger partial charge in [-0.15, -0.1) is 0 Å². The Hall–Kier alpha value is -3.88. The summed E-state index contributed by atoms with van der Waals surface area (Å²) in [6.07, 6.45) is 3.88. The van der Waals surface area contributed by atoms with Gasteiger partial charge in [0.1, 0.15) is 0 Å². The third kappa shape index (κ3) is 4.91. The molecule has 1 atom stereocenters. The van der Waals surface area contributed by atoms with Crippen LogP contribution in [-0.4, -0.2) is 76.0 Å². The van der Waals surface area contributed by atoms with Gasteiger partial charge < -0.3 is 20.0 Å². The molecule has 2 aromatic carbocycles. The molecule has 0 unspecified atom stereocenters. The maximum atomic E-state index is 13.3. The van der Waals surface area contributed by atoms with E-state index in [1.807, 2.05) is 52.3 Å². The number of benzene rings is 2. The number of carbonyl (C=O) groups is 3. The van der Waals surface area contributed by atoms with E-state index >= 15 is 0 Å². The maximum absolute atomic E-state index is 13.3. The molecule has 0 radical (unpaired) electrons. The van der Waals surface area contributed by atoms with Crippen LogP contribution < -0.4 is 5.32 Å². The lowest BCUT2D eigenvalue weighted by Gasteiger charge is -2.40. The van der Waals surface area contributed by atoms with E-state index in [1.54, 1.807) is 25.2 Å². The van der Waals surface area contributed by atoms with Gasteiger partial charge in [-0.2, -0.15) is 5.10 Å². The Labute approximate surface area is 210 Å². The van der Waals surface area contributed by atoms with Crippen molar-refractivity contribution in [3.63, 3.8) is 0 Å². The molecule has 1 fully saturated rings. The van der Waals surface area contributed by atoms with Crippen molar-refractivity contribution < 1.29 is 14.4 Å². The van der Waals surface area contributed by atoms with Gasteiger partial charge in [0.05, 0.1) is 17.6 Å². The van der Waals surface area contributed by atoms with Gasteiger partial charge >= 0.3 is 6.03 Å². The van der Waals surface area contributed by atoms with Crippen molar-refractivity contribution in [2.45, 2.75) is 38.3 Å². The second-order valence-electron chi connectivity index (χ2n) is 9.96. The van der Waals surface area contributed by atoms with Gasteiger partial charge in [-0.1, -0.05) is 24.3 Å². The number of nitrogens with one attached hydrogen (secondary N) is 2. The van der Waals surface area contributed by atoms with Crippen LogP contribution in [0.2, 0.25) is 0 Å². The van der Waals surface area contributed by atoms with E-state index in [0.717, 1.165) is 40.6 Å². The SMILES string of the molecule is CN(C)C(=O)[C@H](CC(=O)N1CCC(N2Cc3ccccc3NC2=O)CC1)Cc1ccc2[nH]ncc2c1. The summed E-state index contributed by atoms with van der Waals surface area (Å²) in [4.78, 5) is 44.2. The molecule has 5 rings (SSSR count). The number of para-hydroxylation sites is 1. The zero-order valence-corrected chi connectivity index (χ0v) is 20.7. The topological polar surface area (TPSA) is 102 Å². The molecule has 1 saturated heterocycles. The van der Waals surface area contributed by atoms with Crippen LogP contribution in [0.25, 0.3) is 10.9 Å². The van der Waals surface area contributed by atoms with Crippen molar-refractivity contribution in [1.82, 2.24) is 24.9 Å². The number of likely N-dealkylation sites (tertiary alicyclic amines) is 1. The molecule has 2 N–H and O–H groups in total. The Morgan fingerprint density at radius 2 is 1.92 bits per heavy atom. The highest BCUT2D eigenvalue weighted by Gasteiger charge is 2.34. The van der Waals surface area contributed by atoms with Crippen LogP contribution in [0.1, 0.15) is 30.4 Å². The summed E-state index contributed by atoms with van der Waals surface area (Å²) in [5.74, 6) is -0.486. The lowest BCUT2D eigenvalue weighted by Crippen LogP contribution is -2.51. The summed E-state index contributed by atoms with van der Waals surface area (Å²) < 4.78 is 0. The van der Waals surface area contributed by atoms with E-state index in [2.05, 4.69) is 15.5 Å². The quantitative estimate of drug-likeness (QED) is 0.556. The van der Waals surface area contributed by atoms with E-state index in [4.69, 9.17) is 0 Å². The highest BCUT2D eigenvalue weighted by atomic mass is 16.2. The molecule has 4 amide bonds. The highest BCUT2D eigenvalue weighted by molar-refractivity contribution is 5.92. The number of aromatic nitrogens is 2. The molecule has 0 aliphatic carbocycles. The molecule has 2 aliphatic heterocycles. The first-order valence-electron chi connectivity index (χ1n) is 12.5. The maximum Gasteiger partial charge on any atom is 0.322 e. The molecule has 9 heteroatoms. The normalized spacial score (nSPS) is 17.0. The van der Waals surface area contributed by atoms with Crippen molar-refractivity contribution in [3.05, 3.63) is 59.8 Å². The molecular formula is C27H32N6O3. The van der Waals surface area contributed by atoms with E-state index in [9.17, 15) is 14.4 Å². The fourth-order valence-electron chi connectivity index (χ4n) is 5.30. The molecule has 0 bridgehead atoms. The number of anilines is 1. The molecule has 3 aromatic rings. The van der Waals surface area contributed by atoms with Gasteiger partial charge in [0.25, 0.3) is 0 Å². The molecular weight excluding hydrogens is 456 g/mol. The summed E-state index contributed by atoms with van der Waals surface area (Å²) in [5.41, 5.74) is 3.93. The smallest absolute Gasteiger partial charge is 0.322 e. The van der Waals surface area contributed by atoms with Crippen molar-refractivity contribution in [3.8, 4) is 0 Å². The predicted octanol–water partition coefficient (Wildman–Crippen LogP) is 3.24. The van der Waals surface area contributed by atoms with Crippen LogP contribution in [0.3, 0.4) is 0 Å². The molecule has 2 aliphatic rings. The number of H-pyrrole nitrogens is 1. The summed E-state index contributed by atoms with van der Waals surface area (Å²) in [6.45, 7) is 1.75. The molecule has 36 heavy (non-hydrogen) atoms. The minimum Gasteiger partial charge on any atom is -0.349 e. The lowest BCUT2D eigenvalue weighted by atomic mass is 9.93. The van der Waals surface area contributed by atoms with Crippen molar-refractivity contribution in [2.75, 3.05) is 32.5 Å². The first kappa shape index (κ1) is 23.8. The number of rotatable bonds is 6. The zero-order valence-electron chi connectivity index (χ0n) is 20.7. The minimum atomic E-state index is -0.432. The fraction of sp³-hybridized carbons (Fsp3) is 0.407. The van der Waals surface area contributed by atoms with E-state index in [-0.39, 0.29) is 30.3 Å². The van der Waals surface area contributed by atoms with E-state index < -0.39 is 5.92 Å². The second-order valence-corrected chi connectivity index (χ2v) is 9.96. The number of urea groups is 1. The Kier molecular flexibility index (Phi) is 6.63. The number of carbonyl (C=O) groups excluding carboxylic acids is 3. The molecule has 9 nitrogen and oxygen atoms in total. The highest BCUT2D eigenvalue weighted by Crippen LogP contribution is 2.28. The van der Waals surface area contributed by atoms with Gasteiger partial charge in [0, 0.05) is 57.3 Å². The molecule has 1 aromatic heterocycles. The summed E-state index contributed by atoms with van der Waals surface area (Å²) in [7, 11) is 3.46. The summed E-state index contributed by atoms with van der Waals surface area (Å²) >= 11 is 0. The molecule has 3 heterocycles. The van der Waals surface area contributed by atoms with Crippen LogP contribution in [0.5, 0.6) is 0 Å². The summed E-state index contributed by atoms with van der Waals surface area (Å²) in [6, 6.07) is 13.8. The average molecular weight is 489 g/mol. The standard InChI is InChI=1S/C27H32N6O3/c1-31(2)26(35)20(13-18-7-8-24-21(14-18)16-28-30-24)15-25(34)32-11-9-22(10-12-32)33-17-19-5-3-4-6-23(19)29-27(33)36/h3-8,14,16,20,22H,9-13,15,17H2,1-2H3,(H,28,30)(H,29,36)/t20-/m0/s1. The Balaban J connectivity index is 1.21. The van der Waals surface area contributed by atoms with Crippen LogP contribution in [0, 0.1) is 5.92 Å². The second kappa shape index (κ2) is 10.0. The van der Waals surface area contributed by atoms with Gasteiger partial charge in [-0.05, 0) is 48.6 Å². The number of hydrogen-bond acceptors (Lipinski definition) is 4. The van der Waals surface area contributed by atoms with Crippen LogP contribution in [0.15, 0.2) is 48.7 Å². The van der Waals surface area contributed by atoms with Crippen molar-refractivity contribution >= 4 is 34.4 Å². The number of fused-ring (bicyclic) bond motifs is 2. The lowest BCUT2D eigenvalue weighted by molar-refractivity contribution is -0.140. The van der Waals surface area contributed by atoms with Crippen LogP contribution in [-0.2, 0) is 22.6 Å². The number of nitrogens with zero attached hydrogens (tertiary/aromatic N) is 4. The fourth-order valence-corrected chi connectivity index (χ4v) is 5.30. The van der Waals surface area contributed by atoms with Crippen molar-refractivity contribution in [1.29, 1.82) is 0 Å². The third-order valence-electron chi connectivity index (χ3n) is 7.32. The van der Waals surface area contributed by atoms with E-state index in [0.29, 0.717) is 26.1 Å². The Morgan fingerprint density at radius 3 is 2.69 bits per heavy atom. The Morgan fingerprint density at radius 1 is 1.14 bits per heavy atom. The van der Waals surface area contributed by atoms with Gasteiger partial charge in [-0.3, -0.25) is 14.7 Å². The first-order valence-corrected chi connectivity index (χ1v) is 12.5. The van der Waals surface area contributed by atoms with Gasteiger partial charge in [-0.25, -0.2) is 4.79 Å². The number of hydrogen-bond donors (Lipinski definition) is 2. The summed E-state index contributed by atoms with van der Waals surface area (Å²) in [5, 5.41) is 11.0.